The molecule has 0 aromatic carbocycles. The number of nitrogens with zero attached hydrogens (tertiary/aromatic N) is 4. The number of hydrogen-bond donors (Lipinski definition) is 9. The monoisotopic (exact) mass is 1080 g/mol. The number of nitrogen functional groups attached to an aromatic ring is 1. The second-order valence-electron chi connectivity index (χ2n) is 15.7. The number of phosphoric ester groups is 3. The van der Waals surface area contributed by atoms with Crippen LogP contribution in [0.1, 0.15) is 104 Å². The number of ether oxygens (including phenoxy) is 1. The molecule has 2 amide bonds. The molecule has 65 heavy (non-hydrogen) atoms. The molecule has 3 rings (SSSR count). The molecule has 2 aromatic rings. The maximum absolute atomic E-state index is 12.7. The van der Waals surface area contributed by atoms with Crippen molar-refractivity contribution in [2.75, 3.05) is 37.8 Å². The van der Waals surface area contributed by atoms with Gasteiger partial charge in [0.2, 0.25) is 16.9 Å². The Morgan fingerprint density at radius 1 is 0.954 bits per heavy atom. The first-order valence-electron chi connectivity index (χ1n) is 20.7. The summed E-state index contributed by atoms with van der Waals surface area (Å²) in [7, 11) is -16.4. The van der Waals surface area contributed by atoms with Gasteiger partial charge >= 0.3 is 53.0 Å². The van der Waals surface area contributed by atoms with E-state index in [0.717, 1.165) is 54.7 Å². The molecule has 1 aliphatic heterocycles. The zero-order chi connectivity index (χ0) is 47.7. The van der Waals surface area contributed by atoms with Crippen LogP contribution in [0.3, 0.4) is 0 Å². The molecular formula is C35H61BrN7NaO17P3S+. The molecule has 1 fully saturated rings. The van der Waals surface area contributed by atoms with Crippen LogP contribution in [0.25, 0.3) is 11.2 Å². The van der Waals surface area contributed by atoms with Crippen LogP contribution >= 0.6 is 51.2 Å². The Hall–Kier alpha value is -0.960. The molecule has 30 heteroatoms. The SMILES string of the molecule is CCCCCCCCCCCCC(Br)C(=O)SCCNC(=O)CCNC(=O)[C@@H](O)C(C)(C)COP(=O)(O)OP(=O)(O)OCC1OC(n2cnc3c(N)ncnc32)C(O)C1OP(=O)(O)O.[Na+]. The Bertz CT molecular complexity index is 1970. The van der Waals surface area contributed by atoms with Crippen LogP contribution < -0.4 is 45.9 Å². The summed E-state index contributed by atoms with van der Waals surface area (Å²) in [6.45, 7) is 2.73. The smallest absolute Gasteiger partial charge is 0.386 e. The first-order chi connectivity index (χ1) is 30.0. The fourth-order valence-electron chi connectivity index (χ4n) is 6.30. The molecule has 7 unspecified atom stereocenters. The quantitative estimate of drug-likeness (QED) is 0.0218. The van der Waals surface area contributed by atoms with Crippen LogP contribution in [-0.2, 0) is 50.7 Å². The van der Waals surface area contributed by atoms with Gasteiger partial charge in [-0.05, 0) is 6.42 Å². The number of phosphoric acid groups is 3. The van der Waals surface area contributed by atoms with Crippen molar-refractivity contribution in [2.24, 2.45) is 5.41 Å². The average Bonchev–Trinajstić information content (AvgIpc) is 3.78. The van der Waals surface area contributed by atoms with Crippen LogP contribution in [0, 0.1) is 5.41 Å². The topological polar surface area (TPSA) is 364 Å². The maximum Gasteiger partial charge on any atom is 1.00 e. The predicted molar refractivity (Wildman–Crippen MR) is 236 cm³/mol. The molecule has 10 N–H and O–H groups in total. The molecule has 1 saturated heterocycles. The second-order valence-corrected chi connectivity index (χ2v) is 22.1. The van der Waals surface area contributed by atoms with E-state index in [0.29, 0.717) is 5.75 Å². The summed E-state index contributed by atoms with van der Waals surface area (Å²) < 4.78 is 62.4. The number of unbranched alkanes of at least 4 members (excludes halogenated alkanes) is 9. The summed E-state index contributed by atoms with van der Waals surface area (Å²) in [6.07, 6.45) is 5.93. The number of thioether (sulfide) groups is 1. The summed E-state index contributed by atoms with van der Waals surface area (Å²) in [5, 5.41) is 26.6. The number of anilines is 1. The molecule has 24 nitrogen and oxygen atoms in total. The van der Waals surface area contributed by atoms with E-state index in [2.05, 4.69) is 57.3 Å². The minimum absolute atomic E-state index is 0. The van der Waals surface area contributed by atoms with Gasteiger partial charge in [0, 0.05) is 30.7 Å². The minimum Gasteiger partial charge on any atom is -0.386 e. The predicted octanol–water partition coefficient (Wildman–Crippen LogP) is 0.743. The summed E-state index contributed by atoms with van der Waals surface area (Å²) in [5.41, 5.74) is 4.28. The third-order valence-electron chi connectivity index (χ3n) is 9.81. The van der Waals surface area contributed by atoms with Crippen LogP contribution in [0.2, 0.25) is 0 Å². The normalized spacial score (nSPS) is 20.6. The van der Waals surface area contributed by atoms with Crippen molar-refractivity contribution in [3.05, 3.63) is 12.7 Å². The zero-order valence-electron chi connectivity index (χ0n) is 36.8. The number of carbonyl (C=O) groups is 3. The number of halogens is 1. The molecule has 1 aliphatic rings. The number of amides is 2. The van der Waals surface area contributed by atoms with Gasteiger partial charge in [0.05, 0.1) is 24.4 Å². The molecule has 0 bridgehead atoms. The van der Waals surface area contributed by atoms with Crippen molar-refractivity contribution >= 4 is 85.1 Å². The van der Waals surface area contributed by atoms with Crippen LogP contribution in [0.15, 0.2) is 12.7 Å². The van der Waals surface area contributed by atoms with E-state index in [1.807, 2.05) is 0 Å². The van der Waals surface area contributed by atoms with E-state index in [1.54, 1.807) is 0 Å². The largest absolute Gasteiger partial charge is 1.00 e. The van der Waals surface area contributed by atoms with Crippen molar-refractivity contribution in [1.82, 2.24) is 30.2 Å². The number of nitrogens with one attached hydrogen (secondary N) is 2. The number of alkyl halides is 1. The molecule has 0 spiro atoms. The van der Waals surface area contributed by atoms with Crippen molar-refractivity contribution < 1.29 is 110 Å². The molecule has 366 valence electrons. The zero-order valence-corrected chi connectivity index (χ0v) is 43.9. The maximum atomic E-state index is 12.7. The Morgan fingerprint density at radius 3 is 2.20 bits per heavy atom. The number of imidazole rings is 1. The van der Waals surface area contributed by atoms with Crippen molar-refractivity contribution in [1.29, 1.82) is 0 Å². The van der Waals surface area contributed by atoms with Gasteiger partial charge in [-0.2, -0.15) is 4.31 Å². The Morgan fingerprint density at radius 2 is 1.57 bits per heavy atom. The Kier molecular flexibility index (Phi) is 26.5. The number of hydrogen-bond acceptors (Lipinski definition) is 18. The molecule has 0 saturated carbocycles. The minimum atomic E-state index is -5.58. The average molecular weight is 1080 g/mol. The van der Waals surface area contributed by atoms with Gasteiger partial charge in [-0.15, -0.1) is 0 Å². The summed E-state index contributed by atoms with van der Waals surface area (Å²) in [4.78, 5) is 88.3. The van der Waals surface area contributed by atoms with E-state index in [-0.39, 0.29) is 76.0 Å². The van der Waals surface area contributed by atoms with E-state index in [9.17, 15) is 57.9 Å². The van der Waals surface area contributed by atoms with E-state index < -0.39 is 84.6 Å². The summed E-state index contributed by atoms with van der Waals surface area (Å²) in [6, 6.07) is 0. The van der Waals surface area contributed by atoms with Gasteiger partial charge in [0.1, 0.15) is 36.3 Å². The molecule has 8 atom stereocenters. The van der Waals surface area contributed by atoms with Gasteiger partial charge in [-0.25, -0.2) is 28.6 Å². The first kappa shape index (κ1) is 60.2. The number of fused-ring (bicyclic) bond motifs is 1. The summed E-state index contributed by atoms with van der Waals surface area (Å²) in [5.74, 6) is -1.08. The van der Waals surface area contributed by atoms with Gasteiger partial charge in [0.15, 0.2) is 17.7 Å². The fraction of sp³-hybridized carbons (Fsp3) is 0.771. The van der Waals surface area contributed by atoms with Gasteiger partial charge in [-0.1, -0.05) is 113 Å². The number of carbonyl (C=O) groups excluding carboxylic acids is 3. The molecule has 2 aromatic heterocycles. The van der Waals surface area contributed by atoms with Gasteiger partial charge < -0.3 is 50.9 Å². The molecule has 0 aliphatic carbocycles. The fourth-order valence-corrected chi connectivity index (χ4v) is 10.6. The van der Waals surface area contributed by atoms with Gasteiger partial charge in [-0.3, -0.25) is 32.5 Å². The van der Waals surface area contributed by atoms with Crippen molar-refractivity contribution in [2.45, 2.75) is 133 Å². The number of aliphatic hydroxyl groups excluding tert-OH is 2. The van der Waals surface area contributed by atoms with Crippen molar-refractivity contribution in [3.8, 4) is 0 Å². The standard InChI is InChI=1S/C35H61BrN7O17P3S.Na/c1-4-5-6-7-8-9-10-11-12-13-14-23(36)34(48)64-18-17-38-25(44)15-16-39-32(47)29(46)35(2,3)20-57-63(54,55)60-62(52,53)56-19-24-28(59-61(49,50)51)27(45)33(58-24)43-22-42-26-30(37)40-21-41-31(26)43;/h21-24,27-29,33,45-46H,4-20H2,1-3H3,(H,38,44)(H,39,47)(H,52,53)(H,54,55)(H2,37,40,41)(H2,49,50,51);/q;+1/t23?,24?,27?,28?,29-,33?;/m1./s1. The third-order valence-corrected chi connectivity index (χ3v) is 15.1. The van der Waals surface area contributed by atoms with Crippen LogP contribution in [0.4, 0.5) is 5.82 Å². The van der Waals surface area contributed by atoms with Crippen LogP contribution in [-0.4, -0.2) is 128 Å². The third kappa shape index (κ3) is 21.3. The second kappa shape index (κ2) is 28.6. The number of nitrogens with two attached hydrogens (primary N) is 1. The number of aliphatic hydroxyl groups is 2. The van der Waals surface area contributed by atoms with E-state index >= 15 is 0 Å². The van der Waals surface area contributed by atoms with Gasteiger partial charge in [0.25, 0.3) is 0 Å². The van der Waals surface area contributed by atoms with E-state index in [1.165, 1.54) is 58.8 Å². The summed E-state index contributed by atoms with van der Waals surface area (Å²) >= 11 is 4.57. The van der Waals surface area contributed by atoms with Crippen molar-refractivity contribution in [3.63, 3.8) is 0 Å². The number of rotatable bonds is 31. The van der Waals surface area contributed by atoms with E-state index in [4.69, 9.17) is 19.5 Å². The molecular weight excluding hydrogens is 1020 g/mol. The molecule has 3 heterocycles. The molecule has 0 radical (unpaired) electrons. The Balaban J connectivity index is 0.0000145. The van der Waals surface area contributed by atoms with Crippen LogP contribution in [0.5, 0.6) is 0 Å². The first-order valence-corrected chi connectivity index (χ1v) is 27.1. The number of aromatic nitrogens is 4. The Labute approximate surface area is 411 Å².